The number of hydrogen-bond acceptors (Lipinski definition) is 6. The molecule has 0 bridgehead atoms. The molecule has 0 atom stereocenters. The van der Waals surface area contributed by atoms with Crippen molar-refractivity contribution in [2.24, 2.45) is 0 Å². The predicted octanol–water partition coefficient (Wildman–Crippen LogP) is 0.296. The minimum absolute atomic E-state index is 0.0214. The lowest BCUT2D eigenvalue weighted by Crippen LogP contribution is -2.41. The van der Waals surface area contributed by atoms with E-state index in [1.807, 2.05) is 5.32 Å². The maximum absolute atomic E-state index is 12.0. The van der Waals surface area contributed by atoms with Crippen molar-refractivity contribution < 1.29 is 27.5 Å². The summed E-state index contributed by atoms with van der Waals surface area (Å²) in [6.07, 6.45) is 3.07. The van der Waals surface area contributed by atoms with Crippen LogP contribution < -0.4 is 15.4 Å². The average Bonchev–Trinajstić information content (AvgIpc) is 3.41. The van der Waals surface area contributed by atoms with Gasteiger partial charge in [-0.15, -0.1) is 6.58 Å². The normalized spacial score (nSPS) is 13.5. The quantitative estimate of drug-likeness (QED) is 0.438. The largest absolute Gasteiger partial charge is 0.452 e. The fourth-order valence-electron chi connectivity index (χ4n) is 1.85. The number of hydrogen-bond donors (Lipinski definition) is 3. The molecule has 3 N–H and O–H groups in total. The molecule has 0 radical (unpaired) electrons. The van der Waals surface area contributed by atoms with E-state index in [2.05, 4.69) is 16.6 Å². The molecule has 0 spiro atoms. The minimum atomic E-state index is -3.60. The van der Waals surface area contributed by atoms with Crippen molar-refractivity contribution in [1.29, 1.82) is 0 Å². The summed E-state index contributed by atoms with van der Waals surface area (Å²) in [5.74, 6) is -1.61. The van der Waals surface area contributed by atoms with Crippen molar-refractivity contribution >= 4 is 27.9 Å². The number of carbonyl (C=O) groups excluding carboxylic acids is 3. The first-order chi connectivity index (χ1) is 12.3. The van der Waals surface area contributed by atoms with E-state index in [1.165, 1.54) is 30.3 Å². The van der Waals surface area contributed by atoms with E-state index in [-0.39, 0.29) is 23.0 Å². The maximum atomic E-state index is 12.0. The summed E-state index contributed by atoms with van der Waals surface area (Å²) in [6, 6.07) is 4.39. The molecule has 0 unspecified atom stereocenters. The fraction of sp³-hybridized carbons (Fsp3) is 0.312. The lowest BCUT2D eigenvalue weighted by atomic mass is 10.2. The summed E-state index contributed by atoms with van der Waals surface area (Å²) in [5.41, 5.74) is 0.0827. The number of ether oxygens (including phenoxy) is 1. The molecule has 1 aromatic rings. The Hall–Kier alpha value is -2.72. The van der Waals surface area contributed by atoms with Gasteiger partial charge in [-0.3, -0.25) is 10.1 Å². The number of benzene rings is 1. The van der Waals surface area contributed by atoms with Crippen LogP contribution in [0.5, 0.6) is 0 Å². The molecule has 0 aliphatic heterocycles. The van der Waals surface area contributed by atoms with Gasteiger partial charge < -0.3 is 10.1 Å². The van der Waals surface area contributed by atoms with Crippen LogP contribution in [0.1, 0.15) is 23.2 Å². The van der Waals surface area contributed by atoms with Gasteiger partial charge in [0.25, 0.3) is 5.91 Å². The van der Waals surface area contributed by atoms with Crippen LogP contribution in [0.2, 0.25) is 0 Å². The molecule has 10 heteroatoms. The predicted molar refractivity (Wildman–Crippen MR) is 91.8 cm³/mol. The molecule has 140 valence electrons. The number of esters is 1. The highest BCUT2D eigenvalue weighted by atomic mass is 32.2. The van der Waals surface area contributed by atoms with Crippen molar-refractivity contribution in [2.45, 2.75) is 23.8 Å². The molecule has 1 aliphatic rings. The lowest BCUT2D eigenvalue weighted by molar-refractivity contribution is -0.123. The number of imide groups is 1. The second-order valence-corrected chi connectivity index (χ2v) is 7.26. The van der Waals surface area contributed by atoms with E-state index in [9.17, 15) is 22.8 Å². The van der Waals surface area contributed by atoms with Crippen LogP contribution in [0, 0.1) is 0 Å². The van der Waals surface area contributed by atoms with Crippen LogP contribution in [-0.4, -0.2) is 45.5 Å². The zero-order chi connectivity index (χ0) is 19.2. The lowest BCUT2D eigenvalue weighted by Gasteiger charge is -2.08. The minimum Gasteiger partial charge on any atom is -0.452 e. The van der Waals surface area contributed by atoms with Crippen molar-refractivity contribution in [3.05, 3.63) is 42.5 Å². The molecule has 0 aromatic heterocycles. The first-order valence-electron chi connectivity index (χ1n) is 7.80. The van der Waals surface area contributed by atoms with E-state index in [0.29, 0.717) is 0 Å². The highest BCUT2D eigenvalue weighted by Gasteiger charge is 2.28. The van der Waals surface area contributed by atoms with Crippen LogP contribution in [-0.2, 0) is 19.6 Å². The second-order valence-electron chi connectivity index (χ2n) is 5.54. The van der Waals surface area contributed by atoms with Gasteiger partial charge in [-0.05, 0) is 37.1 Å². The number of carbonyl (C=O) groups is 3. The zero-order valence-electron chi connectivity index (χ0n) is 13.9. The summed E-state index contributed by atoms with van der Waals surface area (Å²) >= 11 is 0. The number of amides is 3. The second kappa shape index (κ2) is 8.59. The topological polar surface area (TPSA) is 131 Å². The Bertz CT molecular complexity index is 800. The third-order valence-corrected chi connectivity index (χ3v) is 4.83. The summed E-state index contributed by atoms with van der Waals surface area (Å²) in [7, 11) is -3.60. The van der Waals surface area contributed by atoms with Crippen molar-refractivity contribution in [2.75, 3.05) is 13.2 Å². The zero-order valence-corrected chi connectivity index (χ0v) is 14.7. The van der Waals surface area contributed by atoms with Gasteiger partial charge in [-0.1, -0.05) is 6.08 Å². The van der Waals surface area contributed by atoms with Crippen molar-refractivity contribution in [3.63, 3.8) is 0 Å². The van der Waals surface area contributed by atoms with Crippen molar-refractivity contribution in [3.8, 4) is 0 Å². The number of sulfonamides is 1. The standard InChI is InChI=1S/C16H19N3O6S/c1-2-9-17-16(22)18-14(20)10-25-15(21)11-3-7-13(8-4-11)26(23,24)19-12-5-6-12/h2-4,7-8,12,19H,1,5-6,9-10H2,(H2,17,18,20,22). The Morgan fingerprint density at radius 2 is 1.85 bits per heavy atom. The molecule has 1 fully saturated rings. The van der Waals surface area contributed by atoms with Gasteiger partial charge >= 0.3 is 12.0 Å². The highest BCUT2D eigenvalue weighted by molar-refractivity contribution is 7.89. The Labute approximate surface area is 150 Å². The van der Waals surface area contributed by atoms with E-state index in [1.54, 1.807) is 0 Å². The van der Waals surface area contributed by atoms with Gasteiger partial charge in [0.05, 0.1) is 10.5 Å². The van der Waals surface area contributed by atoms with Crippen LogP contribution in [0.3, 0.4) is 0 Å². The molecule has 1 aromatic carbocycles. The van der Waals surface area contributed by atoms with Crippen molar-refractivity contribution in [1.82, 2.24) is 15.4 Å². The van der Waals surface area contributed by atoms with E-state index < -0.39 is 34.5 Å². The Kier molecular flexibility index (Phi) is 6.47. The number of rotatable bonds is 8. The van der Waals surface area contributed by atoms with Gasteiger partial charge in [0.2, 0.25) is 10.0 Å². The Balaban J connectivity index is 1.84. The Morgan fingerprint density at radius 1 is 1.19 bits per heavy atom. The summed E-state index contributed by atoms with van der Waals surface area (Å²) < 4.78 is 31.4. The SMILES string of the molecule is C=CCNC(=O)NC(=O)COC(=O)c1ccc(S(=O)(=O)NC2CC2)cc1. The van der Waals surface area contributed by atoms with Crippen LogP contribution >= 0.6 is 0 Å². The molecule has 0 heterocycles. The van der Waals surface area contributed by atoms with Gasteiger partial charge in [-0.2, -0.15) is 0 Å². The summed E-state index contributed by atoms with van der Waals surface area (Å²) in [6.45, 7) is 2.94. The molecule has 1 aliphatic carbocycles. The smallest absolute Gasteiger partial charge is 0.338 e. The van der Waals surface area contributed by atoms with Gasteiger partial charge in [0, 0.05) is 12.6 Å². The molecule has 26 heavy (non-hydrogen) atoms. The van der Waals surface area contributed by atoms with Gasteiger partial charge in [0.1, 0.15) is 0 Å². The maximum Gasteiger partial charge on any atom is 0.338 e. The fourth-order valence-corrected chi connectivity index (χ4v) is 3.15. The van der Waals surface area contributed by atoms with Gasteiger partial charge in [-0.25, -0.2) is 22.7 Å². The van der Waals surface area contributed by atoms with E-state index >= 15 is 0 Å². The average molecular weight is 381 g/mol. The third-order valence-electron chi connectivity index (χ3n) is 3.29. The molecule has 9 nitrogen and oxygen atoms in total. The first-order valence-corrected chi connectivity index (χ1v) is 9.28. The highest BCUT2D eigenvalue weighted by Crippen LogP contribution is 2.22. The number of urea groups is 1. The van der Waals surface area contributed by atoms with Crippen LogP contribution in [0.15, 0.2) is 41.8 Å². The Morgan fingerprint density at radius 3 is 2.42 bits per heavy atom. The van der Waals surface area contributed by atoms with Crippen LogP contribution in [0.25, 0.3) is 0 Å². The monoisotopic (exact) mass is 381 g/mol. The molecule has 2 rings (SSSR count). The van der Waals surface area contributed by atoms with E-state index in [4.69, 9.17) is 4.74 Å². The summed E-state index contributed by atoms with van der Waals surface area (Å²) in [5, 5.41) is 4.30. The van der Waals surface area contributed by atoms with E-state index in [0.717, 1.165) is 12.8 Å². The van der Waals surface area contributed by atoms with Crippen LogP contribution in [0.4, 0.5) is 4.79 Å². The third kappa shape index (κ3) is 5.97. The number of nitrogens with one attached hydrogen (secondary N) is 3. The molecule has 3 amide bonds. The van der Waals surface area contributed by atoms with Gasteiger partial charge in [0.15, 0.2) is 6.61 Å². The molecule has 0 saturated heterocycles. The molecular weight excluding hydrogens is 362 g/mol. The molecule has 1 saturated carbocycles. The summed E-state index contributed by atoms with van der Waals surface area (Å²) in [4.78, 5) is 34.6. The molecular formula is C16H19N3O6S. The first kappa shape index (κ1) is 19.6.